The summed E-state index contributed by atoms with van der Waals surface area (Å²) < 4.78 is 88.4. The average Bonchev–Trinajstić information content (AvgIpc) is 3.03. The summed E-state index contributed by atoms with van der Waals surface area (Å²) in [6, 6.07) is 0. The summed E-state index contributed by atoms with van der Waals surface area (Å²) in [4.78, 5) is 41.0. The van der Waals surface area contributed by atoms with E-state index in [0.717, 1.165) is 22.5 Å². The molecule has 0 aliphatic carbocycles. The van der Waals surface area contributed by atoms with E-state index in [2.05, 4.69) is 13.8 Å². The topological polar surface area (TPSA) is 200 Å². The molecule has 30 heavy (non-hydrogen) atoms. The summed E-state index contributed by atoms with van der Waals surface area (Å²) in [6.45, 7) is -0.796. The number of nitrogen functional groups attached to an aromatic ring is 1. The van der Waals surface area contributed by atoms with Gasteiger partial charge in [-0.15, -0.1) is 11.8 Å². The van der Waals surface area contributed by atoms with Crippen LogP contribution in [0.3, 0.4) is 0 Å². The first kappa shape index (κ1) is 25.6. The molecule has 2 heterocycles. The second-order valence-electron chi connectivity index (χ2n) is 5.51. The van der Waals surface area contributed by atoms with Crippen LogP contribution in [0.1, 0.15) is 6.23 Å². The van der Waals surface area contributed by atoms with Crippen molar-refractivity contribution in [3.05, 3.63) is 22.5 Å². The monoisotopic (exact) mass is 515 g/mol. The standard InChI is InChI=1S/C9H12BF3N3O10P3S/c10-29(23,26-28(21,22)9(12,13)27(18,19)20)24-2-6-25-5(3-30-6)16-1-4(11)7(14)15-8(16)17/h1,5-6H,2-3H2,(H,21,22)(H2,14,15,17)(H2,18,19,20)/q-1. The molecule has 4 unspecified atom stereocenters. The molecule has 3 radical (unpaired) electrons. The van der Waals surface area contributed by atoms with Crippen molar-refractivity contribution in [1.29, 1.82) is 0 Å². The van der Waals surface area contributed by atoms with Gasteiger partial charge in [-0.05, 0) is 0 Å². The van der Waals surface area contributed by atoms with Crippen LogP contribution in [0.2, 0.25) is 0 Å². The number of thioether (sulfide) groups is 1. The smallest absolute Gasteiger partial charge is 0.443 e. The lowest BCUT2D eigenvalue weighted by Gasteiger charge is -2.32. The lowest BCUT2D eigenvalue weighted by Crippen LogP contribution is -2.30. The highest BCUT2D eigenvalue weighted by atomic mass is 32.2. The van der Waals surface area contributed by atoms with Gasteiger partial charge in [-0.2, -0.15) is 13.8 Å². The van der Waals surface area contributed by atoms with Gasteiger partial charge in [-0.25, -0.2) is 9.18 Å². The molecule has 21 heteroatoms. The zero-order valence-electron chi connectivity index (χ0n) is 14.3. The third-order valence-electron chi connectivity index (χ3n) is 3.28. The maximum Gasteiger partial charge on any atom is 0.444 e. The molecule has 1 aromatic heterocycles. The van der Waals surface area contributed by atoms with E-state index in [9.17, 15) is 31.7 Å². The minimum atomic E-state index is -6.54. The van der Waals surface area contributed by atoms with Crippen LogP contribution in [-0.4, -0.2) is 55.0 Å². The largest absolute Gasteiger partial charge is 0.444 e. The summed E-state index contributed by atoms with van der Waals surface area (Å²) in [5.74, 6) is -1.63. The molecule has 0 amide bonds. The zero-order chi connectivity index (χ0) is 23.1. The quantitative estimate of drug-likeness (QED) is 0.280. The van der Waals surface area contributed by atoms with Crippen molar-refractivity contribution in [2.24, 2.45) is 0 Å². The molecule has 0 aromatic carbocycles. The van der Waals surface area contributed by atoms with Crippen LogP contribution >= 0.6 is 34.4 Å². The van der Waals surface area contributed by atoms with Crippen LogP contribution in [0.25, 0.3) is 0 Å². The van der Waals surface area contributed by atoms with E-state index in [1.165, 1.54) is 0 Å². The zero-order valence-corrected chi connectivity index (χ0v) is 17.8. The van der Waals surface area contributed by atoms with Gasteiger partial charge in [-0.1, -0.05) is 0 Å². The van der Waals surface area contributed by atoms with Gasteiger partial charge in [0.25, 0.3) is 0 Å². The normalized spacial score (nSPS) is 24.4. The molecule has 1 aromatic rings. The van der Waals surface area contributed by atoms with E-state index >= 15 is 0 Å². The molecule has 169 valence electrons. The first-order valence-corrected chi connectivity index (χ1v) is 13.1. The maximum absolute atomic E-state index is 13.5. The molecular weight excluding hydrogens is 503 g/mol. The Balaban J connectivity index is 2.02. The Labute approximate surface area is 170 Å². The molecule has 0 spiro atoms. The number of halogens is 3. The Morgan fingerprint density at radius 2 is 2.00 bits per heavy atom. The van der Waals surface area contributed by atoms with E-state index in [-0.39, 0.29) is 5.75 Å². The third-order valence-corrected chi connectivity index (χ3v) is 9.61. The highest BCUT2D eigenvalue weighted by Crippen LogP contribution is 2.77. The number of rotatable bonds is 8. The predicted octanol–water partition coefficient (Wildman–Crippen LogP) is 0.776. The van der Waals surface area contributed by atoms with Crippen molar-refractivity contribution < 1.29 is 55.1 Å². The Hall–Kier alpha value is -0.665. The maximum atomic E-state index is 13.5. The number of anilines is 1. The average molecular weight is 515 g/mol. The van der Waals surface area contributed by atoms with Gasteiger partial charge < -0.3 is 41.8 Å². The lowest BCUT2D eigenvalue weighted by atomic mass is 10.5. The number of nitrogens with two attached hydrogens (primary N) is 1. The van der Waals surface area contributed by atoms with Crippen LogP contribution in [0.5, 0.6) is 0 Å². The number of aromatic nitrogens is 2. The van der Waals surface area contributed by atoms with Gasteiger partial charge in [0.15, 0.2) is 11.6 Å². The van der Waals surface area contributed by atoms with Crippen LogP contribution in [0, 0.1) is 5.82 Å². The molecule has 0 saturated carbocycles. The van der Waals surface area contributed by atoms with Crippen LogP contribution in [-0.2, 0) is 27.3 Å². The molecule has 1 saturated heterocycles. The molecule has 1 aliphatic rings. The Morgan fingerprint density at radius 1 is 1.40 bits per heavy atom. The molecule has 1 aliphatic heterocycles. The molecule has 4 atom stereocenters. The van der Waals surface area contributed by atoms with Gasteiger partial charge in [0.05, 0.1) is 20.3 Å². The number of ether oxygens (including phenoxy) is 1. The van der Waals surface area contributed by atoms with Crippen molar-refractivity contribution in [2.45, 2.75) is 17.1 Å². The molecule has 0 bridgehead atoms. The number of nitrogens with zero attached hydrogens (tertiary/aromatic N) is 2. The Morgan fingerprint density at radius 3 is 2.57 bits per heavy atom. The first-order valence-electron chi connectivity index (χ1n) is 7.29. The van der Waals surface area contributed by atoms with E-state index in [1.54, 1.807) is 0 Å². The van der Waals surface area contributed by atoms with E-state index < -0.39 is 63.7 Å². The van der Waals surface area contributed by atoms with Gasteiger partial charge >= 0.3 is 26.3 Å². The van der Waals surface area contributed by atoms with Crippen LogP contribution in [0.4, 0.5) is 19.0 Å². The second kappa shape index (κ2) is 8.70. The minimum absolute atomic E-state index is 0.0173. The highest BCUT2D eigenvalue weighted by molar-refractivity contribution is 8.00. The summed E-state index contributed by atoms with van der Waals surface area (Å²) >= 11 is 0.908. The van der Waals surface area contributed by atoms with Crippen LogP contribution in [0.15, 0.2) is 11.0 Å². The molecule has 2 rings (SSSR count). The SMILES string of the molecule is [B-]P(=O)(OCC1OC(n2cc(F)c(N)nc2=O)CS1)OP(=O)(O)C(F)(F)P(=O)(O)O. The van der Waals surface area contributed by atoms with Crippen molar-refractivity contribution in [3.8, 4) is 0 Å². The summed E-state index contributed by atoms with van der Waals surface area (Å²) in [5, 5.41) is -5.60. The predicted molar refractivity (Wildman–Crippen MR) is 96.4 cm³/mol. The fourth-order valence-corrected chi connectivity index (χ4v) is 6.79. The second-order valence-corrected chi connectivity index (χ2v) is 12.3. The molecule has 5 N–H and O–H groups in total. The van der Waals surface area contributed by atoms with Gasteiger partial charge in [0, 0.05) is 5.75 Å². The lowest BCUT2D eigenvalue weighted by molar-refractivity contribution is -0.00337. The van der Waals surface area contributed by atoms with Gasteiger partial charge in [0.1, 0.15) is 11.7 Å². The summed E-state index contributed by atoms with van der Waals surface area (Å²) in [7, 11) is -13.3. The number of hydrogen-bond donors (Lipinski definition) is 4. The van der Waals surface area contributed by atoms with Crippen molar-refractivity contribution >= 4 is 47.8 Å². The van der Waals surface area contributed by atoms with E-state index in [0.29, 0.717) is 0 Å². The van der Waals surface area contributed by atoms with Crippen molar-refractivity contribution in [2.75, 3.05) is 18.1 Å². The molecule has 1 fully saturated rings. The fraction of sp³-hybridized carbons (Fsp3) is 0.556. The Bertz CT molecular complexity index is 1020. The third kappa shape index (κ3) is 5.57. The number of alkyl halides is 2. The molecular formula is C9H12BF3N3O10P3S-. The fourth-order valence-electron chi connectivity index (χ4n) is 1.90. The first-order chi connectivity index (χ1) is 13.5. The van der Waals surface area contributed by atoms with E-state index in [1.807, 2.05) is 0 Å². The van der Waals surface area contributed by atoms with Gasteiger partial charge in [-0.3, -0.25) is 18.0 Å². The minimum Gasteiger partial charge on any atom is -0.443 e. The van der Waals surface area contributed by atoms with E-state index in [4.69, 9.17) is 32.7 Å². The van der Waals surface area contributed by atoms with Crippen molar-refractivity contribution in [1.82, 2.24) is 9.55 Å². The summed E-state index contributed by atoms with van der Waals surface area (Å²) in [6.07, 6.45) is -0.359. The van der Waals surface area contributed by atoms with Gasteiger partial charge in [0.2, 0.25) is 0 Å². The molecule has 13 nitrogen and oxygen atoms in total. The highest BCUT2D eigenvalue weighted by Gasteiger charge is 2.65. The van der Waals surface area contributed by atoms with Crippen LogP contribution < -0.4 is 11.4 Å². The Kier molecular flexibility index (Phi) is 7.42. The number of hydrogen-bond acceptors (Lipinski definition) is 10. The summed E-state index contributed by atoms with van der Waals surface area (Å²) in [5.41, 5.74) is 3.12. The van der Waals surface area contributed by atoms with Crippen molar-refractivity contribution in [3.63, 3.8) is 0 Å².